The highest BCUT2D eigenvalue weighted by Crippen LogP contribution is 2.30. The van der Waals surface area contributed by atoms with Gasteiger partial charge in [0.1, 0.15) is 5.75 Å². The first kappa shape index (κ1) is 20.7. The van der Waals surface area contributed by atoms with Crippen molar-refractivity contribution in [2.75, 3.05) is 19.9 Å². The van der Waals surface area contributed by atoms with Crippen molar-refractivity contribution in [3.05, 3.63) is 42.0 Å². The first-order valence-electron chi connectivity index (χ1n) is 10.4. The molecule has 1 heterocycles. The molecule has 1 fully saturated rings. The highest BCUT2D eigenvalue weighted by molar-refractivity contribution is 7.99. The number of aromatic nitrogens is 4. The van der Waals surface area contributed by atoms with Crippen LogP contribution in [0.2, 0.25) is 0 Å². The fourth-order valence-corrected chi connectivity index (χ4v) is 4.82. The summed E-state index contributed by atoms with van der Waals surface area (Å²) in [6.45, 7) is 0.564. The molecule has 158 valence electrons. The van der Waals surface area contributed by atoms with E-state index in [1.165, 1.54) is 31.0 Å². The van der Waals surface area contributed by atoms with Crippen LogP contribution in [0.1, 0.15) is 43.7 Å². The predicted molar refractivity (Wildman–Crippen MR) is 118 cm³/mol. The maximum absolute atomic E-state index is 12.7. The first-order valence-corrected chi connectivity index (χ1v) is 11.3. The molecule has 1 aliphatic carbocycles. The average molecular weight is 426 g/mol. The summed E-state index contributed by atoms with van der Waals surface area (Å²) < 4.78 is 7.19. The third-order valence-corrected chi connectivity index (χ3v) is 6.58. The maximum Gasteiger partial charge on any atom is 0.233 e. The molecule has 0 N–H and O–H groups in total. The van der Waals surface area contributed by atoms with Gasteiger partial charge in [0.05, 0.1) is 18.9 Å². The number of ether oxygens (including phenoxy) is 1. The van der Waals surface area contributed by atoms with E-state index >= 15 is 0 Å². The van der Waals surface area contributed by atoms with Crippen molar-refractivity contribution in [3.8, 4) is 5.75 Å². The Morgan fingerprint density at radius 2 is 1.93 bits per heavy atom. The standard InChI is InChI=1S/C22H27N5O2S/c1-26(14-16-8-9-18-13-20(29-2)11-10-17(18)12-16)21(28)15-30-22-23-24-25-27(22)19-6-4-3-5-7-19/h8-13,19H,3-7,14-15H2,1-2H3. The number of hydrogen-bond donors (Lipinski definition) is 0. The van der Waals surface area contributed by atoms with E-state index in [-0.39, 0.29) is 5.91 Å². The number of methoxy groups -OCH3 is 1. The molecule has 0 unspecified atom stereocenters. The molecule has 30 heavy (non-hydrogen) atoms. The van der Waals surface area contributed by atoms with Crippen molar-refractivity contribution in [3.63, 3.8) is 0 Å². The van der Waals surface area contributed by atoms with E-state index in [1.54, 1.807) is 12.0 Å². The quantitative estimate of drug-likeness (QED) is 0.531. The summed E-state index contributed by atoms with van der Waals surface area (Å²) in [5.74, 6) is 1.23. The smallest absolute Gasteiger partial charge is 0.233 e. The molecule has 0 atom stereocenters. The lowest BCUT2D eigenvalue weighted by Crippen LogP contribution is -2.28. The van der Waals surface area contributed by atoms with Gasteiger partial charge in [-0.2, -0.15) is 0 Å². The molecule has 2 aromatic carbocycles. The molecule has 1 amide bonds. The molecule has 1 aliphatic rings. The number of rotatable bonds is 7. The Kier molecular flexibility index (Phi) is 6.52. The first-order chi connectivity index (χ1) is 14.6. The highest BCUT2D eigenvalue weighted by Gasteiger charge is 2.21. The van der Waals surface area contributed by atoms with E-state index in [1.807, 2.05) is 29.9 Å². The van der Waals surface area contributed by atoms with Crippen LogP contribution in [0.3, 0.4) is 0 Å². The molecule has 3 aromatic rings. The number of amides is 1. The minimum atomic E-state index is 0.0630. The molecule has 0 bridgehead atoms. The summed E-state index contributed by atoms with van der Waals surface area (Å²) >= 11 is 1.42. The van der Waals surface area contributed by atoms with E-state index in [4.69, 9.17) is 4.74 Å². The van der Waals surface area contributed by atoms with Crippen LogP contribution in [0.4, 0.5) is 0 Å². The summed E-state index contributed by atoms with van der Waals surface area (Å²) in [5.41, 5.74) is 1.10. The number of carbonyl (C=O) groups is 1. The lowest BCUT2D eigenvalue weighted by atomic mass is 9.96. The van der Waals surface area contributed by atoms with Gasteiger partial charge in [-0.25, -0.2) is 4.68 Å². The second kappa shape index (κ2) is 9.47. The van der Waals surface area contributed by atoms with Crippen LogP contribution >= 0.6 is 11.8 Å². The van der Waals surface area contributed by atoms with Gasteiger partial charge in [0, 0.05) is 13.6 Å². The monoisotopic (exact) mass is 425 g/mol. The van der Waals surface area contributed by atoms with Crippen molar-refractivity contribution >= 4 is 28.4 Å². The van der Waals surface area contributed by atoms with Gasteiger partial charge in [-0.05, 0) is 57.8 Å². The Labute approximate surface area is 180 Å². The van der Waals surface area contributed by atoms with Crippen molar-refractivity contribution in [2.45, 2.75) is 49.8 Å². The number of carbonyl (C=O) groups excluding carboxylic acids is 1. The summed E-state index contributed by atoms with van der Waals surface area (Å²) in [6.07, 6.45) is 5.94. The Bertz CT molecular complexity index is 1020. The topological polar surface area (TPSA) is 73.1 Å². The molecule has 8 heteroatoms. The summed E-state index contributed by atoms with van der Waals surface area (Å²) in [6, 6.07) is 12.6. The van der Waals surface area contributed by atoms with Crippen LogP contribution in [-0.2, 0) is 11.3 Å². The van der Waals surface area contributed by atoms with Crippen LogP contribution in [-0.4, -0.2) is 50.9 Å². The fourth-order valence-electron chi connectivity index (χ4n) is 3.93. The number of tetrazole rings is 1. The minimum absolute atomic E-state index is 0.0630. The van der Waals surface area contributed by atoms with Gasteiger partial charge in [-0.3, -0.25) is 4.79 Å². The highest BCUT2D eigenvalue weighted by atomic mass is 32.2. The third-order valence-electron chi connectivity index (χ3n) is 5.67. The number of thioether (sulfide) groups is 1. The average Bonchev–Trinajstić information content (AvgIpc) is 3.26. The molecular formula is C22H27N5O2S. The molecule has 0 saturated heterocycles. The Morgan fingerprint density at radius 1 is 1.17 bits per heavy atom. The minimum Gasteiger partial charge on any atom is -0.497 e. The maximum atomic E-state index is 12.7. The van der Waals surface area contributed by atoms with Crippen LogP contribution in [0.15, 0.2) is 41.6 Å². The second-order valence-electron chi connectivity index (χ2n) is 7.78. The lowest BCUT2D eigenvalue weighted by Gasteiger charge is -2.22. The van der Waals surface area contributed by atoms with Gasteiger partial charge >= 0.3 is 0 Å². The van der Waals surface area contributed by atoms with E-state index in [0.29, 0.717) is 18.3 Å². The van der Waals surface area contributed by atoms with E-state index in [9.17, 15) is 4.79 Å². The molecule has 7 nitrogen and oxygen atoms in total. The van der Waals surface area contributed by atoms with Crippen LogP contribution < -0.4 is 4.74 Å². The van der Waals surface area contributed by atoms with E-state index < -0.39 is 0 Å². The lowest BCUT2D eigenvalue weighted by molar-refractivity contribution is -0.127. The number of fused-ring (bicyclic) bond motifs is 1. The van der Waals surface area contributed by atoms with Crippen molar-refractivity contribution in [1.29, 1.82) is 0 Å². The molecule has 4 rings (SSSR count). The fraction of sp³-hybridized carbons (Fsp3) is 0.455. The number of nitrogens with zero attached hydrogens (tertiary/aromatic N) is 5. The van der Waals surface area contributed by atoms with Gasteiger partial charge in [0.2, 0.25) is 11.1 Å². The van der Waals surface area contributed by atoms with Gasteiger partial charge in [-0.1, -0.05) is 49.2 Å². The van der Waals surface area contributed by atoms with Gasteiger partial charge < -0.3 is 9.64 Å². The molecular weight excluding hydrogens is 398 g/mol. The van der Waals surface area contributed by atoms with Gasteiger partial charge in [-0.15, -0.1) is 5.10 Å². The Balaban J connectivity index is 1.35. The normalized spacial score (nSPS) is 14.7. The van der Waals surface area contributed by atoms with Crippen LogP contribution in [0.5, 0.6) is 5.75 Å². The molecule has 0 spiro atoms. The molecule has 0 aliphatic heterocycles. The molecule has 1 saturated carbocycles. The summed E-state index contributed by atoms with van der Waals surface area (Å²) in [7, 11) is 3.51. The Hall–Kier alpha value is -2.61. The van der Waals surface area contributed by atoms with Gasteiger partial charge in [0.15, 0.2) is 0 Å². The summed E-state index contributed by atoms with van der Waals surface area (Å²) in [4.78, 5) is 14.4. The van der Waals surface area contributed by atoms with E-state index in [2.05, 4.69) is 33.7 Å². The van der Waals surface area contributed by atoms with Crippen LogP contribution in [0.25, 0.3) is 10.8 Å². The van der Waals surface area contributed by atoms with Crippen LogP contribution in [0, 0.1) is 0 Å². The zero-order valence-corrected chi connectivity index (χ0v) is 18.3. The molecule has 0 radical (unpaired) electrons. The summed E-state index contributed by atoms with van der Waals surface area (Å²) in [5, 5.41) is 15.1. The third kappa shape index (κ3) is 4.75. The largest absolute Gasteiger partial charge is 0.497 e. The van der Waals surface area contributed by atoms with Crippen molar-refractivity contribution < 1.29 is 9.53 Å². The van der Waals surface area contributed by atoms with Crippen molar-refractivity contribution in [2.24, 2.45) is 0 Å². The second-order valence-corrected chi connectivity index (χ2v) is 8.73. The molecule has 1 aromatic heterocycles. The Morgan fingerprint density at radius 3 is 2.73 bits per heavy atom. The zero-order chi connectivity index (χ0) is 20.9. The van der Waals surface area contributed by atoms with Gasteiger partial charge in [0.25, 0.3) is 0 Å². The van der Waals surface area contributed by atoms with E-state index in [0.717, 1.165) is 40.1 Å². The van der Waals surface area contributed by atoms with Crippen molar-refractivity contribution in [1.82, 2.24) is 25.1 Å². The predicted octanol–water partition coefficient (Wildman–Crippen LogP) is 4.09. The number of hydrogen-bond acceptors (Lipinski definition) is 6. The SMILES string of the molecule is COc1ccc2cc(CN(C)C(=O)CSc3nnnn3C3CCCCC3)ccc2c1. The number of benzene rings is 2. The zero-order valence-electron chi connectivity index (χ0n) is 17.5.